The molecule has 1 heterocycles. The van der Waals surface area contributed by atoms with Crippen LogP contribution in [0.1, 0.15) is 0 Å². The van der Waals surface area contributed by atoms with E-state index in [0.29, 0.717) is 11.8 Å². The maximum absolute atomic E-state index is 12.2. The largest absolute Gasteiger partial charge is 0.242 e. The second-order valence-corrected chi connectivity index (χ2v) is 9.61. The van der Waals surface area contributed by atoms with E-state index < -0.39 is 10.0 Å². The zero-order chi connectivity index (χ0) is 13.9. The summed E-state index contributed by atoms with van der Waals surface area (Å²) >= 11 is 12.9. The highest BCUT2D eigenvalue weighted by Crippen LogP contribution is 2.26. The highest BCUT2D eigenvalue weighted by atomic mass is 79.9. The van der Waals surface area contributed by atoms with Gasteiger partial charge in [-0.3, -0.25) is 0 Å². The molecule has 19 heavy (non-hydrogen) atoms. The summed E-state index contributed by atoms with van der Waals surface area (Å²) in [6.07, 6.45) is 0. The van der Waals surface area contributed by atoms with Crippen LogP contribution in [-0.2, 0) is 10.0 Å². The van der Waals surface area contributed by atoms with Crippen LogP contribution >= 0.6 is 51.1 Å². The van der Waals surface area contributed by atoms with Gasteiger partial charge in [-0.05, 0) is 18.2 Å². The zero-order valence-electron chi connectivity index (χ0n) is 9.93. The Kier molecular flexibility index (Phi) is 5.92. The van der Waals surface area contributed by atoms with Crippen molar-refractivity contribution in [2.75, 3.05) is 23.8 Å². The predicted octanol–water partition coefficient (Wildman–Crippen LogP) is 3.23. The lowest BCUT2D eigenvalue weighted by Gasteiger charge is -2.21. The third-order valence-electron chi connectivity index (χ3n) is 2.57. The molecule has 1 aromatic carbocycles. The van der Waals surface area contributed by atoms with Crippen molar-refractivity contribution in [3.63, 3.8) is 0 Å². The average Bonchev–Trinajstić information content (AvgIpc) is 2.37. The Morgan fingerprint density at radius 2 is 2.21 bits per heavy atom. The van der Waals surface area contributed by atoms with Crippen molar-refractivity contribution in [3.8, 4) is 0 Å². The molecule has 1 aliphatic rings. The van der Waals surface area contributed by atoms with Crippen molar-refractivity contribution in [1.82, 2.24) is 4.72 Å². The Hall–Kier alpha value is 0.600. The molecule has 1 aliphatic heterocycles. The maximum Gasteiger partial charge on any atom is 0.242 e. The van der Waals surface area contributed by atoms with Crippen LogP contribution in [0.3, 0.4) is 0 Å². The lowest BCUT2D eigenvalue weighted by molar-refractivity contribution is 0.581. The van der Waals surface area contributed by atoms with Crippen molar-refractivity contribution in [1.29, 1.82) is 0 Å². The van der Waals surface area contributed by atoms with Crippen molar-refractivity contribution in [3.05, 3.63) is 27.7 Å². The fourth-order valence-electron chi connectivity index (χ4n) is 1.63. The van der Waals surface area contributed by atoms with Crippen molar-refractivity contribution >= 4 is 61.1 Å². The summed E-state index contributed by atoms with van der Waals surface area (Å²) in [5.74, 6) is 3.21. The second-order valence-electron chi connectivity index (χ2n) is 3.99. The van der Waals surface area contributed by atoms with Gasteiger partial charge in [-0.2, -0.15) is 23.5 Å². The Bertz CT molecular complexity index is 547. The summed E-state index contributed by atoms with van der Waals surface area (Å²) < 4.78 is 27.8. The number of rotatable bonds is 4. The lowest BCUT2D eigenvalue weighted by Crippen LogP contribution is -2.33. The molecule has 0 radical (unpaired) electrons. The molecule has 0 saturated carbocycles. The van der Waals surface area contributed by atoms with Crippen LogP contribution in [0.25, 0.3) is 0 Å². The van der Waals surface area contributed by atoms with Gasteiger partial charge in [0.25, 0.3) is 0 Å². The Morgan fingerprint density at radius 3 is 2.84 bits per heavy atom. The smallest absolute Gasteiger partial charge is 0.210 e. The van der Waals surface area contributed by atoms with E-state index in [2.05, 4.69) is 20.7 Å². The molecule has 1 aromatic rings. The zero-order valence-corrected chi connectivity index (χ0v) is 14.7. The minimum Gasteiger partial charge on any atom is -0.210 e. The molecule has 0 amide bonds. The summed E-state index contributed by atoms with van der Waals surface area (Å²) in [7, 11) is -3.53. The van der Waals surface area contributed by atoms with Gasteiger partial charge in [0.2, 0.25) is 10.0 Å². The van der Waals surface area contributed by atoms with Crippen LogP contribution in [0.5, 0.6) is 0 Å². The number of benzene rings is 1. The van der Waals surface area contributed by atoms with E-state index in [-0.39, 0.29) is 9.92 Å². The van der Waals surface area contributed by atoms with Crippen LogP contribution in [-0.4, -0.2) is 37.5 Å². The first-order chi connectivity index (χ1) is 8.99. The number of nitrogens with one attached hydrogen (secondary N) is 1. The summed E-state index contributed by atoms with van der Waals surface area (Å²) in [5.41, 5.74) is 0. The minimum atomic E-state index is -3.53. The molecule has 0 aromatic heterocycles. The van der Waals surface area contributed by atoms with E-state index in [1.807, 2.05) is 23.5 Å². The molecule has 1 fully saturated rings. The fourth-order valence-corrected chi connectivity index (χ4v) is 6.46. The van der Waals surface area contributed by atoms with Gasteiger partial charge in [0.15, 0.2) is 0 Å². The number of thioether (sulfide) groups is 2. The molecule has 1 saturated heterocycles. The number of sulfonamides is 1. The molecular formula is C11H13BrClNO2S3. The first-order valence-corrected chi connectivity index (χ1v) is 10.5. The summed E-state index contributed by atoms with van der Waals surface area (Å²) in [6, 6.07) is 4.77. The summed E-state index contributed by atoms with van der Waals surface area (Å²) in [4.78, 5) is 0.130. The summed E-state index contributed by atoms with van der Waals surface area (Å²) in [6.45, 7) is 0.451. The number of hydrogen-bond donors (Lipinski definition) is 1. The quantitative estimate of drug-likeness (QED) is 0.840. The van der Waals surface area contributed by atoms with E-state index >= 15 is 0 Å². The number of hydrogen-bond acceptors (Lipinski definition) is 4. The molecular weight excluding hydrogens is 390 g/mol. The minimum absolute atomic E-state index is 0.130. The molecule has 8 heteroatoms. The Morgan fingerprint density at radius 1 is 1.42 bits per heavy atom. The highest BCUT2D eigenvalue weighted by Gasteiger charge is 2.21. The number of halogens is 2. The van der Waals surface area contributed by atoms with Crippen molar-refractivity contribution in [2.45, 2.75) is 10.1 Å². The van der Waals surface area contributed by atoms with Crippen molar-refractivity contribution in [2.24, 2.45) is 0 Å². The first-order valence-electron chi connectivity index (χ1n) is 5.63. The van der Waals surface area contributed by atoms with Gasteiger partial charge in [0, 0.05) is 33.5 Å². The van der Waals surface area contributed by atoms with E-state index in [9.17, 15) is 8.42 Å². The summed E-state index contributed by atoms with van der Waals surface area (Å²) in [5, 5.41) is 0.565. The molecule has 1 atom stereocenters. The van der Waals surface area contributed by atoms with Gasteiger partial charge in [0.1, 0.15) is 4.90 Å². The van der Waals surface area contributed by atoms with Gasteiger partial charge < -0.3 is 0 Å². The first kappa shape index (κ1) is 16.0. The molecule has 0 bridgehead atoms. The highest BCUT2D eigenvalue weighted by molar-refractivity contribution is 9.10. The fraction of sp³-hybridized carbons (Fsp3) is 0.455. The van der Waals surface area contributed by atoms with Gasteiger partial charge >= 0.3 is 0 Å². The third kappa shape index (κ3) is 4.54. The molecule has 106 valence electrons. The maximum atomic E-state index is 12.2. The van der Waals surface area contributed by atoms with Crippen LogP contribution in [0, 0.1) is 0 Å². The molecule has 1 unspecified atom stereocenters. The SMILES string of the molecule is O=S(=O)(NCC1CSCCS1)c1ccc(Br)cc1Cl. The predicted molar refractivity (Wildman–Crippen MR) is 87.9 cm³/mol. The van der Waals surface area contributed by atoms with Crippen LogP contribution in [0.4, 0.5) is 0 Å². The van der Waals surface area contributed by atoms with E-state index in [1.165, 1.54) is 6.07 Å². The van der Waals surface area contributed by atoms with E-state index in [0.717, 1.165) is 21.7 Å². The Balaban J connectivity index is 2.05. The second kappa shape index (κ2) is 7.04. The topological polar surface area (TPSA) is 46.2 Å². The van der Waals surface area contributed by atoms with E-state index in [4.69, 9.17) is 11.6 Å². The van der Waals surface area contributed by atoms with E-state index in [1.54, 1.807) is 12.1 Å². The van der Waals surface area contributed by atoms with Crippen LogP contribution in [0.2, 0.25) is 5.02 Å². The van der Waals surface area contributed by atoms with Gasteiger partial charge in [-0.15, -0.1) is 0 Å². The Labute approximate surface area is 135 Å². The molecule has 0 spiro atoms. The van der Waals surface area contributed by atoms with Gasteiger partial charge in [0.05, 0.1) is 5.02 Å². The van der Waals surface area contributed by atoms with Gasteiger partial charge in [-0.1, -0.05) is 27.5 Å². The normalized spacial score (nSPS) is 20.4. The lowest BCUT2D eigenvalue weighted by atomic mass is 10.4. The third-order valence-corrected chi connectivity index (χ3v) is 7.81. The molecule has 1 N–H and O–H groups in total. The molecule has 2 rings (SSSR count). The molecule has 0 aliphatic carbocycles. The monoisotopic (exact) mass is 401 g/mol. The van der Waals surface area contributed by atoms with Crippen LogP contribution < -0.4 is 4.72 Å². The standard InChI is InChI=1S/C11H13BrClNO2S3/c12-8-1-2-11(10(13)5-8)19(15,16)14-6-9-7-17-3-4-18-9/h1-2,5,9,14H,3-4,6-7H2. The van der Waals surface area contributed by atoms with Crippen molar-refractivity contribution < 1.29 is 8.42 Å². The van der Waals surface area contributed by atoms with Crippen LogP contribution in [0.15, 0.2) is 27.6 Å². The van der Waals surface area contributed by atoms with Gasteiger partial charge in [-0.25, -0.2) is 13.1 Å². The average molecular weight is 403 g/mol. The molecule has 3 nitrogen and oxygen atoms in total.